The van der Waals surface area contributed by atoms with Crippen molar-refractivity contribution in [1.82, 2.24) is 9.88 Å². The molecule has 1 aromatic carbocycles. The Balaban J connectivity index is 1.82. The molecule has 3 rings (SSSR count). The van der Waals surface area contributed by atoms with Crippen LogP contribution in [0.3, 0.4) is 0 Å². The van der Waals surface area contributed by atoms with E-state index in [0.717, 1.165) is 42.4 Å². The van der Waals surface area contributed by atoms with E-state index in [9.17, 15) is 4.79 Å². The number of aromatic amines is 1. The molecule has 5 nitrogen and oxygen atoms in total. The third-order valence-corrected chi connectivity index (χ3v) is 4.00. The Morgan fingerprint density at radius 2 is 2.15 bits per heavy atom. The highest BCUT2D eigenvalue weighted by Gasteiger charge is 2.24. The number of H-pyrrole nitrogens is 1. The molecule has 0 bridgehead atoms. The highest BCUT2D eigenvalue weighted by molar-refractivity contribution is 6.07. The second kappa shape index (κ2) is 5.17. The summed E-state index contributed by atoms with van der Waals surface area (Å²) in [6.07, 6.45) is 3.85. The lowest BCUT2D eigenvalue weighted by Gasteiger charge is -2.31. The van der Waals surface area contributed by atoms with Crippen LogP contribution in [-0.4, -0.2) is 42.1 Å². The second-order valence-corrected chi connectivity index (χ2v) is 5.23. The van der Waals surface area contributed by atoms with Gasteiger partial charge in [0.15, 0.2) is 0 Å². The summed E-state index contributed by atoms with van der Waals surface area (Å²) in [5.41, 5.74) is 8.07. The third kappa shape index (κ3) is 2.25. The van der Waals surface area contributed by atoms with Crippen LogP contribution in [-0.2, 0) is 4.74 Å². The molecular weight excluding hydrogens is 254 g/mol. The van der Waals surface area contributed by atoms with E-state index in [1.54, 1.807) is 13.3 Å². The second-order valence-electron chi connectivity index (χ2n) is 5.23. The molecule has 20 heavy (non-hydrogen) atoms. The molecular formula is C15H19N3O2. The van der Waals surface area contributed by atoms with Crippen molar-refractivity contribution in [1.29, 1.82) is 0 Å². The monoisotopic (exact) mass is 273 g/mol. The first-order chi connectivity index (χ1) is 9.69. The number of carbonyl (C=O) groups is 1. The van der Waals surface area contributed by atoms with Gasteiger partial charge in [0.1, 0.15) is 0 Å². The van der Waals surface area contributed by atoms with Crippen LogP contribution in [0.1, 0.15) is 23.2 Å². The van der Waals surface area contributed by atoms with Gasteiger partial charge in [-0.05, 0) is 31.0 Å². The van der Waals surface area contributed by atoms with Gasteiger partial charge in [0, 0.05) is 43.0 Å². The van der Waals surface area contributed by atoms with Crippen LogP contribution in [0.4, 0.5) is 5.69 Å². The van der Waals surface area contributed by atoms with Crippen LogP contribution in [0.5, 0.6) is 0 Å². The third-order valence-electron chi connectivity index (χ3n) is 4.00. The minimum Gasteiger partial charge on any atom is -0.399 e. The van der Waals surface area contributed by atoms with Crippen LogP contribution >= 0.6 is 0 Å². The molecule has 1 aliphatic heterocycles. The smallest absolute Gasteiger partial charge is 0.256 e. The lowest BCUT2D eigenvalue weighted by atomic mass is 10.1. The average molecular weight is 273 g/mol. The molecule has 1 fully saturated rings. The number of likely N-dealkylation sites (tertiary alicyclic amines) is 1. The molecule has 0 radical (unpaired) electrons. The van der Waals surface area contributed by atoms with Gasteiger partial charge >= 0.3 is 0 Å². The molecule has 106 valence electrons. The van der Waals surface area contributed by atoms with Gasteiger partial charge in [-0.25, -0.2) is 0 Å². The molecule has 5 heteroatoms. The molecule has 1 aromatic heterocycles. The van der Waals surface area contributed by atoms with Crippen LogP contribution in [0.25, 0.3) is 10.9 Å². The Labute approximate surface area is 117 Å². The number of rotatable bonds is 2. The fourth-order valence-corrected chi connectivity index (χ4v) is 2.79. The van der Waals surface area contributed by atoms with E-state index in [1.165, 1.54) is 0 Å². The number of benzene rings is 1. The van der Waals surface area contributed by atoms with Crippen molar-refractivity contribution in [3.63, 3.8) is 0 Å². The number of nitrogens with zero attached hydrogens (tertiary/aromatic N) is 1. The number of nitrogens with one attached hydrogen (secondary N) is 1. The number of fused-ring (bicyclic) bond motifs is 1. The number of hydrogen-bond donors (Lipinski definition) is 2. The molecule has 1 saturated heterocycles. The number of ether oxygens (including phenoxy) is 1. The highest BCUT2D eigenvalue weighted by atomic mass is 16.5. The molecule has 2 heterocycles. The summed E-state index contributed by atoms with van der Waals surface area (Å²) in [5.74, 6) is 0.0792. The Morgan fingerprint density at radius 3 is 2.85 bits per heavy atom. The summed E-state index contributed by atoms with van der Waals surface area (Å²) in [6.45, 7) is 1.50. The predicted molar refractivity (Wildman–Crippen MR) is 78.6 cm³/mol. The minimum atomic E-state index is 0.0792. The minimum absolute atomic E-state index is 0.0792. The number of amides is 1. The number of methoxy groups -OCH3 is 1. The number of nitrogen functional groups attached to an aromatic ring is 1. The summed E-state index contributed by atoms with van der Waals surface area (Å²) in [5, 5.41) is 0.929. The first-order valence-corrected chi connectivity index (χ1v) is 6.87. The topological polar surface area (TPSA) is 71.3 Å². The lowest BCUT2D eigenvalue weighted by Crippen LogP contribution is -2.40. The van der Waals surface area contributed by atoms with E-state index in [0.29, 0.717) is 5.69 Å². The van der Waals surface area contributed by atoms with Crippen molar-refractivity contribution in [3.8, 4) is 0 Å². The molecule has 0 saturated carbocycles. The van der Waals surface area contributed by atoms with E-state index >= 15 is 0 Å². The fraction of sp³-hybridized carbons (Fsp3) is 0.400. The van der Waals surface area contributed by atoms with E-state index in [2.05, 4.69) is 4.98 Å². The van der Waals surface area contributed by atoms with Gasteiger partial charge < -0.3 is 20.4 Å². The normalized spacial score (nSPS) is 16.8. The fourth-order valence-electron chi connectivity index (χ4n) is 2.79. The maximum Gasteiger partial charge on any atom is 0.256 e. The van der Waals surface area contributed by atoms with Gasteiger partial charge in [0.2, 0.25) is 0 Å². The highest BCUT2D eigenvalue weighted by Crippen LogP contribution is 2.23. The standard InChI is InChI=1S/C15H19N3O2/c1-20-11-4-6-18(7-5-11)15(19)13-9-17-14-8-10(16)2-3-12(13)14/h2-3,8-9,11,17H,4-7,16H2,1H3. The Hall–Kier alpha value is -2.01. The van der Waals surface area contributed by atoms with E-state index in [1.807, 2.05) is 23.1 Å². The SMILES string of the molecule is COC1CCN(C(=O)c2c[nH]c3cc(N)ccc23)CC1. The number of carbonyl (C=O) groups excluding carboxylic acids is 1. The summed E-state index contributed by atoms with van der Waals surface area (Å²) in [4.78, 5) is 17.6. The number of aromatic nitrogens is 1. The molecule has 3 N–H and O–H groups in total. The first kappa shape index (κ1) is 13.0. The number of anilines is 1. The predicted octanol–water partition coefficient (Wildman–Crippen LogP) is 2.00. The molecule has 0 atom stereocenters. The van der Waals surface area contributed by atoms with Crippen LogP contribution in [0.15, 0.2) is 24.4 Å². The van der Waals surface area contributed by atoms with Gasteiger partial charge in [-0.3, -0.25) is 4.79 Å². The largest absolute Gasteiger partial charge is 0.399 e. The van der Waals surface area contributed by atoms with Gasteiger partial charge in [0.25, 0.3) is 5.91 Å². The Morgan fingerprint density at radius 1 is 1.40 bits per heavy atom. The van der Waals surface area contributed by atoms with E-state index in [4.69, 9.17) is 10.5 Å². The van der Waals surface area contributed by atoms with Crippen molar-refractivity contribution in [2.45, 2.75) is 18.9 Å². The van der Waals surface area contributed by atoms with E-state index in [-0.39, 0.29) is 12.0 Å². The lowest BCUT2D eigenvalue weighted by molar-refractivity contribution is 0.0352. The van der Waals surface area contributed by atoms with Crippen molar-refractivity contribution in [3.05, 3.63) is 30.0 Å². The van der Waals surface area contributed by atoms with Crippen molar-refractivity contribution >= 4 is 22.5 Å². The molecule has 2 aromatic rings. The summed E-state index contributed by atoms with van der Waals surface area (Å²) < 4.78 is 5.34. The number of nitrogens with two attached hydrogens (primary N) is 1. The summed E-state index contributed by atoms with van der Waals surface area (Å²) >= 11 is 0. The average Bonchev–Trinajstić information content (AvgIpc) is 2.89. The van der Waals surface area contributed by atoms with Gasteiger partial charge in [-0.1, -0.05) is 0 Å². The molecule has 0 aliphatic carbocycles. The zero-order valence-corrected chi connectivity index (χ0v) is 11.6. The first-order valence-electron chi connectivity index (χ1n) is 6.87. The Kier molecular flexibility index (Phi) is 3.36. The summed E-state index contributed by atoms with van der Waals surface area (Å²) in [7, 11) is 1.73. The molecule has 1 aliphatic rings. The van der Waals surface area contributed by atoms with Crippen LogP contribution in [0, 0.1) is 0 Å². The molecule has 0 spiro atoms. The van der Waals surface area contributed by atoms with Crippen molar-refractivity contribution in [2.24, 2.45) is 0 Å². The maximum absolute atomic E-state index is 12.6. The summed E-state index contributed by atoms with van der Waals surface area (Å²) in [6, 6.07) is 5.57. The van der Waals surface area contributed by atoms with E-state index < -0.39 is 0 Å². The van der Waals surface area contributed by atoms with Crippen molar-refractivity contribution < 1.29 is 9.53 Å². The molecule has 1 amide bonds. The number of piperidine rings is 1. The quantitative estimate of drug-likeness (QED) is 0.822. The molecule has 0 unspecified atom stereocenters. The van der Waals surface area contributed by atoms with Crippen molar-refractivity contribution in [2.75, 3.05) is 25.9 Å². The van der Waals surface area contributed by atoms with Gasteiger partial charge in [-0.15, -0.1) is 0 Å². The van der Waals surface area contributed by atoms with Gasteiger partial charge in [-0.2, -0.15) is 0 Å². The van der Waals surface area contributed by atoms with Crippen LogP contribution < -0.4 is 5.73 Å². The number of hydrogen-bond acceptors (Lipinski definition) is 3. The zero-order chi connectivity index (χ0) is 14.1. The zero-order valence-electron chi connectivity index (χ0n) is 11.6. The van der Waals surface area contributed by atoms with Gasteiger partial charge in [0.05, 0.1) is 11.7 Å². The maximum atomic E-state index is 12.6. The Bertz CT molecular complexity index is 627. The van der Waals surface area contributed by atoms with Crippen LogP contribution in [0.2, 0.25) is 0 Å².